The minimum absolute atomic E-state index is 0.331. The summed E-state index contributed by atoms with van der Waals surface area (Å²) in [4.78, 5) is 0. The van der Waals surface area contributed by atoms with Crippen molar-refractivity contribution in [1.82, 2.24) is 0 Å². The Morgan fingerprint density at radius 3 is 2.75 bits per heavy atom. The van der Waals surface area contributed by atoms with Gasteiger partial charge < -0.3 is 14.2 Å². The van der Waals surface area contributed by atoms with Crippen LogP contribution >= 0.6 is 0 Å². The maximum absolute atomic E-state index is 13.0. The van der Waals surface area contributed by atoms with E-state index in [1.807, 2.05) is 0 Å². The first-order chi connectivity index (χ1) is 7.77. The first-order valence-corrected chi connectivity index (χ1v) is 4.88. The molecule has 0 heterocycles. The van der Waals surface area contributed by atoms with Gasteiger partial charge in [0.15, 0.2) is 0 Å². The van der Waals surface area contributed by atoms with Crippen molar-refractivity contribution in [3.05, 3.63) is 35.8 Å². The third-order valence-corrected chi connectivity index (χ3v) is 1.90. The second-order valence-electron chi connectivity index (χ2n) is 3.06. The molecule has 0 aliphatic rings. The quantitative estimate of drug-likeness (QED) is 0.551. The summed E-state index contributed by atoms with van der Waals surface area (Å²) < 4.78 is 28.1. The minimum Gasteiger partial charge on any atom is -0.504 e. The number of hydrogen-bond donors (Lipinski definition) is 0. The standard InChI is InChI=1S/C12H15FO3/c1-14-6-5-10-3-4-11(13)9-12(10)16-8-7-15-2/h3-6,9H,7-8H2,1-2H3/b6-5+. The van der Waals surface area contributed by atoms with Gasteiger partial charge in [-0.05, 0) is 18.2 Å². The van der Waals surface area contributed by atoms with E-state index in [-0.39, 0.29) is 5.82 Å². The molecule has 88 valence electrons. The molecule has 0 fully saturated rings. The van der Waals surface area contributed by atoms with Gasteiger partial charge in [-0.2, -0.15) is 0 Å². The van der Waals surface area contributed by atoms with Crippen molar-refractivity contribution in [1.29, 1.82) is 0 Å². The Morgan fingerprint density at radius 1 is 1.25 bits per heavy atom. The number of rotatable bonds is 6. The van der Waals surface area contributed by atoms with Crippen LogP contribution in [0.25, 0.3) is 6.08 Å². The van der Waals surface area contributed by atoms with Gasteiger partial charge in [0.2, 0.25) is 0 Å². The Bertz CT molecular complexity index is 350. The van der Waals surface area contributed by atoms with Crippen molar-refractivity contribution >= 4 is 6.08 Å². The summed E-state index contributed by atoms with van der Waals surface area (Å²) in [5.74, 6) is 0.146. The minimum atomic E-state index is -0.331. The third kappa shape index (κ3) is 3.90. The van der Waals surface area contributed by atoms with Crippen LogP contribution in [0.15, 0.2) is 24.5 Å². The number of halogens is 1. The fourth-order valence-electron chi connectivity index (χ4n) is 1.15. The fourth-order valence-corrected chi connectivity index (χ4v) is 1.15. The molecule has 0 saturated heterocycles. The van der Waals surface area contributed by atoms with E-state index in [4.69, 9.17) is 14.2 Å². The van der Waals surface area contributed by atoms with Gasteiger partial charge in [-0.25, -0.2) is 4.39 Å². The van der Waals surface area contributed by atoms with Gasteiger partial charge in [-0.15, -0.1) is 0 Å². The van der Waals surface area contributed by atoms with Gasteiger partial charge in [0, 0.05) is 18.7 Å². The molecule has 3 nitrogen and oxygen atoms in total. The van der Waals surface area contributed by atoms with Crippen LogP contribution in [0.5, 0.6) is 5.75 Å². The fraction of sp³-hybridized carbons (Fsp3) is 0.333. The van der Waals surface area contributed by atoms with Crippen molar-refractivity contribution < 1.29 is 18.6 Å². The van der Waals surface area contributed by atoms with Gasteiger partial charge in [0.05, 0.1) is 20.0 Å². The maximum Gasteiger partial charge on any atom is 0.129 e. The predicted molar refractivity (Wildman–Crippen MR) is 59.8 cm³/mol. The highest BCUT2D eigenvalue weighted by Gasteiger charge is 2.02. The Labute approximate surface area is 94.4 Å². The van der Waals surface area contributed by atoms with Crippen LogP contribution in [0, 0.1) is 5.82 Å². The van der Waals surface area contributed by atoms with E-state index in [0.717, 1.165) is 5.56 Å². The lowest BCUT2D eigenvalue weighted by atomic mass is 10.2. The first-order valence-electron chi connectivity index (χ1n) is 4.88. The van der Waals surface area contributed by atoms with E-state index in [1.54, 1.807) is 26.4 Å². The SMILES string of the molecule is CO/C=C/c1ccc(F)cc1OCCOC. The number of methoxy groups -OCH3 is 2. The Hall–Kier alpha value is -1.55. The van der Waals surface area contributed by atoms with E-state index >= 15 is 0 Å². The van der Waals surface area contributed by atoms with Crippen LogP contribution < -0.4 is 4.74 Å². The Balaban J connectivity index is 2.77. The lowest BCUT2D eigenvalue weighted by Crippen LogP contribution is -2.05. The Kier molecular flexibility index (Phi) is 5.36. The summed E-state index contributed by atoms with van der Waals surface area (Å²) >= 11 is 0. The van der Waals surface area contributed by atoms with Crippen molar-refractivity contribution in [2.45, 2.75) is 0 Å². The highest BCUT2D eigenvalue weighted by atomic mass is 19.1. The highest BCUT2D eigenvalue weighted by Crippen LogP contribution is 2.21. The normalized spacial score (nSPS) is 10.7. The highest BCUT2D eigenvalue weighted by molar-refractivity contribution is 5.56. The summed E-state index contributed by atoms with van der Waals surface area (Å²) in [6.07, 6.45) is 3.22. The second kappa shape index (κ2) is 6.85. The number of hydrogen-bond acceptors (Lipinski definition) is 3. The zero-order valence-electron chi connectivity index (χ0n) is 9.40. The molecule has 0 radical (unpaired) electrons. The van der Waals surface area contributed by atoms with Crippen molar-refractivity contribution in [3.8, 4) is 5.75 Å². The van der Waals surface area contributed by atoms with Crippen molar-refractivity contribution in [2.75, 3.05) is 27.4 Å². The lowest BCUT2D eigenvalue weighted by Gasteiger charge is -2.08. The smallest absolute Gasteiger partial charge is 0.129 e. The molecule has 1 aromatic carbocycles. The van der Waals surface area contributed by atoms with Crippen LogP contribution in [-0.2, 0) is 9.47 Å². The van der Waals surface area contributed by atoms with Gasteiger partial charge in [-0.3, -0.25) is 0 Å². The number of benzene rings is 1. The molecule has 0 saturated carbocycles. The molecule has 0 atom stereocenters. The summed E-state index contributed by atoms with van der Waals surface area (Å²) in [5.41, 5.74) is 0.763. The van der Waals surface area contributed by atoms with Gasteiger partial charge in [0.25, 0.3) is 0 Å². The molecule has 4 heteroatoms. The van der Waals surface area contributed by atoms with Crippen LogP contribution in [0.3, 0.4) is 0 Å². The summed E-state index contributed by atoms with van der Waals surface area (Å²) in [6, 6.07) is 4.34. The lowest BCUT2D eigenvalue weighted by molar-refractivity contribution is 0.146. The van der Waals surface area contributed by atoms with Gasteiger partial charge >= 0.3 is 0 Å². The molecule has 0 aliphatic heterocycles. The molecule has 0 amide bonds. The summed E-state index contributed by atoms with van der Waals surface area (Å²) in [7, 11) is 3.13. The second-order valence-corrected chi connectivity index (χ2v) is 3.06. The number of ether oxygens (including phenoxy) is 3. The topological polar surface area (TPSA) is 27.7 Å². The Morgan fingerprint density at radius 2 is 2.06 bits per heavy atom. The molecule has 1 rings (SSSR count). The van der Waals surface area contributed by atoms with E-state index in [0.29, 0.717) is 19.0 Å². The molecule has 0 aliphatic carbocycles. The monoisotopic (exact) mass is 226 g/mol. The zero-order chi connectivity index (χ0) is 11.8. The van der Waals surface area contributed by atoms with Gasteiger partial charge in [-0.1, -0.05) is 0 Å². The van der Waals surface area contributed by atoms with E-state index in [9.17, 15) is 4.39 Å². The average molecular weight is 226 g/mol. The molecular formula is C12H15FO3. The molecule has 0 aromatic heterocycles. The predicted octanol–water partition coefficient (Wildman–Crippen LogP) is 2.47. The summed E-state index contributed by atoms with van der Waals surface area (Å²) in [5, 5.41) is 0. The molecular weight excluding hydrogens is 211 g/mol. The van der Waals surface area contributed by atoms with Crippen molar-refractivity contribution in [2.24, 2.45) is 0 Å². The molecule has 0 spiro atoms. The molecule has 0 N–H and O–H groups in total. The van der Waals surface area contributed by atoms with E-state index in [1.165, 1.54) is 18.4 Å². The van der Waals surface area contributed by atoms with Crippen LogP contribution in [0.1, 0.15) is 5.56 Å². The maximum atomic E-state index is 13.0. The largest absolute Gasteiger partial charge is 0.504 e. The average Bonchev–Trinajstić information content (AvgIpc) is 2.28. The van der Waals surface area contributed by atoms with Gasteiger partial charge in [0.1, 0.15) is 18.2 Å². The molecule has 16 heavy (non-hydrogen) atoms. The van der Waals surface area contributed by atoms with Crippen LogP contribution in [-0.4, -0.2) is 27.4 Å². The molecule has 0 unspecified atom stereocenters. The molecule has 0 bridgehead atoms. The van der Waals surface area contributed by atoms with Crippen LogP contribution in [0.2, 0.25) is 0 Å². The first kappa shape index (κ1) is 12.5. The van der Waals surface area contributed by atoms with Crippen LogP contribution in [0.4, 0.5) is 4.39 Å². The molecule has 1 aromatic rings. The van der Waals surface area contributed by atoms with E-state index < -0.39 is 0 Å². The third-order valence-electron chi connectivity index (χ3n) is 1.90. The van der Waals surface area contributed by atoms with Crippen molar-refractivity contribution in [3.63, 3.8) is 0 Å². The van der Waals surface area contributed by atoms with E-state index in [2.05, 4.69) is 0 Å². The summed E-state index contributed by atoms with van der Waals surface area (Å²) in [6.45, 7) is 0.845. The zero-order valence-corrected chi connectivity index (χ0v) is 9.40.